The van der Waals surface area contributed by atoms with Crippen LogP contribution in [0.15, 0.2) is 24.3 Å². The smallest absolute Gasteiger partial charge is 0.274 e. The number of piperidine rings is 1. The molecular formula is C22H34ClN5O. The van der Waals surface area contributed by atoms with Crippen molar-refractivity contribution in [3.63, 3.8) is 0 Å². The van der Waals surface area contributed by atoms with Gasteiger partial charge in [-0.15, -0.1) is 17.5 Å². The fraction of sp³-hybridized carbons (Fsp3) is 0.591. The van der Waals surface area contributed by atoms with Gasteiger partial charge < -0.3 is 10.6 Å². The third kappa shape index (κ3) is 5.37. The lowest BCUT2D eigenvalue weighted by Crippen LogP contribution is -2.48. The minimum Gasteiger partial charge on any atom is -0.347 e. The van der Waals surface area contributed by atoms with E-state index < -0.39 is 0 Å². The van der Waals surface area contributed by atoms with E-state index in [-0.39, 0.29) is 29.8 Å². The van der Waals surface area contributed by atoms with E-state index in [1.807, 2.05) is 4.68 Å². The second kappa shape index (κ2) is 9.72. The summed E-state index contributed by atoms with van der Waals surface area (Å²) in [4.78, 5) is 12.9. The van der Waals surface area contributed by atoms with Gasteiger partial charge in [0.05, 0.1) is 11.4 Å². The lowest BCUT2D eigenvalue weighted by molar-refractivity contribution is 0.0908. The first-order chi connectivity index (χ1) is 13.3. The van der Waals surface area contributed by atoms with E-state index in [0.29, 0.717) is 11.6 Å². The number of rotatable bonds is 5. The standard InChI is InChI=1S/C22H33N5O.ClH/c1-6-7-19-20(21(28)24-18-12-13-23-14-15(18)2)25-26-27(19)17-10-8-16(9-11-17)22(3,4)5;/h8-11,15,18,23H,6-7,12-14H2,1-5H3,(H,24,28);1H. The molecule has 7 heteroatoms. The Morgan fingerprint density at radius 3 is 2.55 bits per heavy atom. The average Bonchev–Trinajstić information content (AvgIpc) is 3.07. The topological polar surface area (TPSA) is 71.8 Å². The quantitative estimate of drug-likeness (QED) is 0.775. The second-order valence-electron chi connectivity index (χ2n) is 8.89. The molecule has 6 nitrogen and oxygen atoms in total. The maximum atomic E-state index is 12.9. The molecule has 3 rings (SSSR count). The Morgan fingerprint density at radius 2 is 1.97 bits per heavy atom. The summed E-state index contributed by atoms with van der Waals surface area (Å²) in [5.41, 5.74) is 3.64. The molecule has 0 aliphatic carbocycles. The van der Waals surface area contributed by atoms with E-state index in [1.54, 1.807) is 0 Å². The second-order valence-corrected chi connectivity index (χ2v) is 8.89. The maximum absolute atomic E-state index is 12.9. The number of hydrogen-bond donors (Lipinski definition) is 2. The van der Waals surface area contributed by atoms with Crippen molar-refractivity contribution >= 4 is 18.3 Å². The number of carbonyl (C=O) groups is 1. The molecule has 0 saturated carbocycles. The van der Waals surface area contributed by atoms with Gasteiger partial charge in [0.2, 0.25) is 0 Å². The van der Waals surface area contributed by atoms with Crippen molar-refractivity contribution in [3.05, 3.63) is 41.2 Å². The van der Waals surface area contributed by atoms with Crippen molar-refractivity contribution in [3.8, 4) is 5.69 Å². The predicted octanol–water partition coefficient (Wildman–Crippen LogP) is 3.67. The molecule has 2 atom stereocenters. The largest absolute Gasteiger partial charge is 0.347 e. The molecule has 2 unspecified atom stereocenters. The zero-order valence-electron chi connectivity index (χ0n) is 18.2. The van der Waals surface area contributed by atoms with Gasteiger partial charge in [0.1, 0.15) is 0 Å². The van der Waals surface area contributed by atoms with E-state index in [0.717, 1.165) is 43.7 Å². The maximum Gasteiger partial charge on any atom is 0.274 e. The number of nitrogens with one attached hydrogen (secondary N) is 2. The molecule has 0 spiro atoms. The van der Waals surface area contributed by atoms with E-state index in [1.165, 1.54) is 5.56 Å². The van der Waals surface area contributed by atoms with Gasteiger partial charge in [-0.1, -0.05) is 58.4 Å². The van der Waals surface area contributed by atoms with Crippen LogP contribution in [0.3, 0.4) is 0 Å². The van der Waals surface area contributed by atoms with Gasteiger partial charge in [-0.2, -0.15) is 0 Å². The number of carbonyl (C=O) groups excluding carboxylic acids is 1. The van der Waals surface area contributed by atoms with Crippen LogP contribution in [0.25, 0.3) is 5.69 Å². The van der Waals surface area contributed by atoms with Crippen LogP contribution in [0.1, 0.15) is 69.2 Å². The van der Waals surface area contributed by atoms with Crippen LogP contribution in [0.4, 0.5) is 0 Å². The molecule has 0 radical (unpaired) electrons. The summed E-state index contributed by atoms with van der Waals surface area (Å²) in [6.45, 7) is 12.7. The van der Waals surface area contributed by atoms with Crippen LogP contribution >= 0.6 is 12.4 Å². The average molecular weight is 420 g/mol. The third-order valence-electron chi connectivity index (χ3n) is 5.54. The Hall–Kier alpha value is -1.92. The number of nitrogens with zero attached hydrogens (tertiary/aromatic N) is 3. The first-order valence-corrected chi connectivity index (χ1v) is 10.4. The van der Waals surface area contributed by atoms with Crippen LogP contribution < -0.4 is 10.6 Å². The molecule has 2 aromatic rings. The molecule has 1 amide bonds. The molecule has 1 aliphatic rings. The Kier molecular flexibility index (Phi) is 7.83. The summed E-state index contributed by atoms with van der Waals surface area (Å²) in [6, 6.07) is 8.56. The van der Waals surface area contributed by atoms with Gasteiger partial charge in [0, 0.05) is 6.04 Å². The van der Waals surface area contributed by atoms with Gasteiger partial charge in [0.25, 0.3) is 5.91 Å². The summed E-state index contributed by atoms with van der Waals surface area (Å²) < 4.78 is 1.82. The molecule has 1 fully saturated rings. The SMILES string of the molecule is CCCc1c(C(=O)NC2CCNCC2C)nnn1-c1ccc(C(C)(C)C)cc1.Cl. The Balaban J connectivity index is 0.00000300. The van der Waals surface area contributed by atoms with Crippen molar-refractivity contribution < 1.29 is 4.79 Å². The minimum atomic E-state index is -0.111. The highest BCUT2D eigenvalue weighted by Crippen LogP contribution is 2.24. The number of amides is 1. The third-order valence-corrected chi connectivity index (χ3v) is 5.54. The van der Waals surface area contributed by atoms with Gasteiger partial charge in [-0.05, 0) is 55.0 Å². The van der Waals surface area contributed by atoms with Crippen LogP contribution in [-0.4, -0.2) is 40.0 Å². The van der Waals surface area contributed by atoms with E-state index >= 15 is 0 Å². The van der Waals surface area contributed by atoms with E-state index in [4.69, 9.17) is 0 Å². The molecule has 1 aromatic carbocycles. The van der Waals surface area contributed by atoms with Gasteiger partial charge in [0.15, 0.2) is 5.69 Å². The summed E-state index contributed by atoms with van der Waals surface area (Å²) in [5.74, 6) is 0.298. The van der Waals surface area contributed by atoms with Gasteiger partial charge in [-0.3, -0.25) is 4.79 Å². The highest BCUT2D eigenvalue weighted by atomic mass is 35.5. The molecule has 1 saturated heterocycles. The fourth-order valence-electron chi connectivity index (χ4n) is 3.71. The van der Waals surface area contributed by atoms with Crippen LogP contribution in [0, 0.1) is 5.92 Å². The van der Waals surface area contributed by atoms with Crippen molar-refractivity contribution in [2.24, 2.45) is 5.92 Å². The van der Waals surface area contributed by atoms with Gasteiger partial charge >= 0.3 is 0 Å². The molecular weight excluding hydrogens is 386 g/mol. The molecule has 1 aliphatic heterocycles. The number of aromatic nitrogens is 3. The van der Waals surface area contributed by atoms with Gasteiger partial charge in [-0.25, -0.2) is 4.68 Å². The predicted molar refractivity (Wildman–Crippen MR) is 119 cm³/mol. The highest BCUT2D eigenvalue weighted by molar-refractivity contribution is 5.93. The van der Waals surface area contributed by atoms with Crippen LogP contribution in [0.2, 0.25) is 0 Å². The Bertz CT molecular complexity index is 810. The Labute approximate surface area is 180 Å². The summed E-state index contributed by atoms with van der Waals surface area (Å²) in [6.07, 6.45) is 2.63. The fourth-order valence-corrected chi connectivity index (χ4v) is 3.71. The van der Waals surface area contributed by atoms with Crippen molar-refractivity contribution in [2.45, 2.75) is 65.3 Å². The number of hydrogen-bond acceptors (Lipinski definition) is 4. The molecule has 2 heterocycles. The normalized spacial score (nSPS) is 19.5. The summed E-state index contributed by atoms with van der Waals surface area (Å²) in [5, 5.41) is 15.1. The molecule has 2 N–H and O–H groups in total. The zero-order valence-corrected chi connectivity index (χ0v) is 19.0. The molecule has 1 aromatic heterocycles. The summed E-state index contributed by atoms with van der Waals surface area (Å²) in [7, 11) is 0. The van der Waals surface area contributed by atoms with E-state index in [2.05, 4.69) is 79.8 Å². The van der Waals surface area contributed by atoms with E-state index in [9.17, 15) is 4.79 Å². The molecule has 0 bridgehead atoms. The first-order valence-electron chi connectivity index (χ1n) is 10.4. The number of benzene rings is 1. The lowest BCUT2D eigenvalue weighted by atomic mass is 9.87. The molecule has 29 heavy (non-hydrogen) atoms. The number of halogens is 1. The monoisotopic (exact) mass is 419 g/mol. The molecule has 160 valence electrons. The van der Waals surface area contributed by atoms with Crippen molar-refractivity contribution in [2.75, 3.05) is 13.1 Å². The van der Waals surface area contributed by atoms with Crippen molar-refractivity contribution in [1.29, 1.82) is 0 Å². The first kappa shape index (κ1) is 23.4. The minimum absolute atomic E-state index is 0. The van der Waals surface area contributed by atoms with Crippen LogP contribution in [0.5, 0.6) is 0 Å². The highest BCUT2D eigenvalue weighted by Gasteiger charge is 2.26. The summed E-state index contributed by atoms with van der Waals surface area (Å²) >= 11 is 0. The lowest BCUT2D eigenvalue weighted by Gasteiger charge is -2.30. The van der Waals surface area contributed by atoms with Crippen molar-refractivity contribution in [1.82, 2.24) is 25.6 Å². The zero-order chi connectivity index (χ0) is 20.3. The van der Waals surface area contributed by atoms with Crippen LogP contribution in [-0.2, 0) is 11.8 Å². The Morgan fingerprint density at radius 1 is 1.28 bits per heavy atom.